The van der Waals surface area contributed by atoms with E-state index < -0.39 is 10.9 Å². The molecule has 0 spiro atoms. The van der Waals surface area contributed by atoms with Crippen molar-refractivity contribution in [3.05, 3.63) is 67.4 Å². The number of carbonyl (C=O) groups excluding carboxylic acids is 1. The lowest BCUT2D eigenvalue weighted by atomic mass is 10.1. The number of rotatable bonds is 5. The van der Waals surface area contributed by atoms with E-state index in [0.29, 0.717) is 15.6 Å². The van der Waals surface area contributed by atoms with Gasteiger partial charge in [-0.1, -0.05) is 41.4 Å². The van der Waals surface area contributed by atoms with Gasteiger partial charge in [-0.25, -0.2) is 9.78 Å². The summed E-state index contributed by atoms with van der Waals surface area (Å²) in [6.07, 6.45) is 4.21. The molecule has 0 amide bonds. The molecular weight excluding hydrogens is 355 g/mol. The van der Waals surface area contributed by atoms with Crippen LogP contribution in [-0.4, -0.2) is 22.5 Å². The van der Waals surface area contributed by atoms with E-state index in [9.17, 15) is 14.9 Å². The third-order valence-electron chi connectivity index (χ3n) is 3.01. The highest BCUT2D eigenvalue weighted by atomic mass is 35.5. The normalized spacial score (nSPS) is 10.8. The average molecular weight is 367 g/mol. The maximum atomic E-state index is 12.0. The van der Waals surface area contributed by atoms with Gasteiger partial charge in [0.05, 0.1) is 32.8 Å². The molecule has 0 fully saturated rings. The van der Waals surface area contributed by atoms with Gasteiger partial charge in [-0.05, 0) is 24.6 Å². The Morgan fingerprint density at radius 1 is 1.38 bits per heavy atom. The zero-order valence-electron chi connectivity index (χ0n) is 12.5. The van der Waals surface area contributed by atoms with Crippen molar-refractivity contribution in [2.75, 3.05) is 6.61 Å². The first-order chi connectivity index (χ1) is 11.4. The van der Waals surface area contributed by atoms with E-state index in [1.807, 2.05) is 0 Å². The van der Waals surface area contributed by atoms with Crippen molar-refractivity contribution >= 4 is 47.0 Å². The Hall–Kier alpha value is -2.44. The molecule has 2 aromatic rings. The zero-order chi connectivity index (χ0) is 17.7. The summed E-state index contributed by atoms with van der Waals surface area (Å²) in [5.41, 5.74) is 0.561. The first kappa shape index (κ1) is 17.9. The highest BCUT2D eigenvalue weighted by Crippen LogP contribution is 2.27. The van der Waals surface area contributed by atoms with Crippen LogP contribution in [-0.2, 0) is 4.74 Å². The Bertz CT molecular complexity index is 822. The molecule has 1 aromatic carbocycles. The average Bonchev–Trinajstić information content (AvgIpc) is 2.56. The molecule has 0 bridgehead atoms. The van der Waals surface area contributed by atoms with Gasteiger partial charge >= 0.3 is 5.97 Å². The Morgan fingerprint density at radius 2 is 2.12 bits per heavy atom. The molecule has 0 saturated heterocycles. The number of aromatic nitrogens is 1. The number of pyridine rings is 1. The largest absolute Gasteiger partial charge is 0.462 e. The molecule has 6 nitrogen and oxygen atoms in total. The van der Waals surface area contributed by atoms with E-state index in [2.05, 4.69) is 4.98 Å². The fourth-order valence-corrected chi connectivity index (χ4v) is 2.26. The Morgan fingerprint density at radius 3 is 2.79 bits per heavy atom. The Balaban J connectivity index is 2.45. The molecule has 2 rings (SSSR count). The van der Waals surface area contributed by atoms with E-state index in [1.165, 1.54) is 6.08 Å². The third-order valence-corrected chi connectivity index (χ3v) is 3.85. The summed E-state index contributed by atoms with van der Waals surface area (Å²) in [6.45, 7) is 1.79. The lowest BCUT2D eigenvalue weighted by Crippen LogP contribution is -2.08. The number of ether oxygens (including phenoxy) is 1. The van der Waals surface area contributed by atoms with Crippen molar-refractivity contribution in [2.24, 2.45) is 0 Å². The lowest BCUT2D eigenvalue weighted by molar-refractivity contribution is -0.385. The lowest BCUT2D eigenvalue weighted by Gasteiger charge is -2.05. The number of nitrogens with zero attached hydrogens (tertiary/aromatic N) is 2. The Labute approximate surface area is 147 Å². The van der Waals surface area contributed by atoms with Gasteiger partial charge in [-0.2, -0.15) is 0 Å². The summed E-state index contributed by atoms with van der Waals surface area (Å²) in [5.74, 6) is -0.689. The molecule has 0 saturated carbocycles. The van der Waals surface area contributed by atoms with Gasteiger partial charge in [0, 0.05) is 6.07 Å². The molecule has 0 aliphatic carbocycles. The number of esters is 1. The number of carbonyl (C=O) groups is 1. The van der Waals surface area contributed by atoms with Crippen LogP contribution in [0.1, 0.15) is 28.5 Å². The van der Waals surface area contributed by atoms with Crippen molar-refractivity contribution < 1.29 is 14.5 Å². The van der Waals surface area contributed by atoms with E-state index in [-0.39, 0.29) is 23.6 Å². The monoisotopic (exact) mass is 366 g/mol. The van der Waals surface area contributed by atoms with Crippen LogP contribution in [0.5, 0.6) is 0 Å². The molecule has 0 N–H and O–H groups in total. The summed E-state index contributed by atoms with van der Waals surface area (Å²) < 4.78 is 4.92. The van der Waals surface area contributed by atoms with Crippen LogP contribution in [0.25, 0.3) is 12.2 Å². The van der Waals surface area contributed by atoms with E-state index >= 15 is 0 Å². The highest BCUT2D eigenvalue weighted by Gasteiger charge is 2.17. The number of halogens is 2. The second kappa shape index (κ2) is 7.90. The molecule has 0 radical (unpaired) electrons. The third kappa shape index (κ3) is 4.10. The molecule has 124 valence electrons. The smallest absolute Gasteiger partial charge is 0.340 e. The summed E-state index contributed by atoms with van der Waals surface area (Å²) in [5, 5.41) is 11.6. The first-order valence-corrected chi connectivity index (χ1v) is 7.63. The first-order valence-electron chi connectivity index (χ1n) is 6.87. The minimum atomic E-state index is -0.689. The van der Waals surface area contributed by atoms with Gasteiger partial charge in [0.1, 0.15) is 6.20 Å². The van der Waals surface area contributed by atoms with Crippen molar-refractivity contribution in [1.82, 2.24) is 4.98 Å². The molecule has 0 aliphatic heterocycles. The van der Waals surface area contributed by atoms with Crippen molar-refractivity contribution in [3.8, 4) is 0 Å². The molecular formula is C16H12Cl2N2O4. The maximum absolute atomic E-state index is 12.0. The van der Waals surface area contributed by atoms with E-state index in [0.717, 1.165) is 12.3 Å². The zero-order valence-corrected chi connectivity index (χ0v) is 14.0. The molecule has 8 heteroatoms. The molecule has 0 aliphatic rings. The molecule has 24 heavy (non-hydrogen) atoms. The summed E-state index contributed by atoms with van der Waals surface area (Å²) in [7, 11) is 0. The van der Waals surface area contributed by atoms with Gasteiger partial charge in [0.2, 0.25) is 0 Å². The predicted octanol–water partition coefficient (Wildman–Crippen LogP) is 4.64. The second-order valence-electron chi connectivity index (χ2n) is 4.58. The topological polar surface area (TPSA) is 82.3 Å². The quantitative estimate of drug-likeness (QED) is 0.437. The maximum Gasteiger partial charge on any atom is 0.340 e. The minimum absolute atomic E-state index is 0.000417. The van der Waals surface area contributed by atoms with Crippen molar-refractivity contribution in [1.29, 1.82) is 0 Å². The van der Waals surface area contributed by atoms with Crippen LogP contribution in [0, 0.1) is 10.1 Å². The van der Waals surface area contributed by atoms with Crippen LogP contribution in [0.3, 0.4) is 0 Å². The number of hydrogen-bond donors (Lipinski definition) is 0. The highest BCUT2D eigenvalue weighted by molar-refractivity contribution is 6.42. The van der Waals surface area contributed by atoms with Crippen LogP contribution in [0.2, 0.25) is 10.0 Å². The Kier molecular flexibility index (Phi) is 5.89. The van der Waals surface area contributed by atoms with Crippen LogP contribution in [0.4, 0.5) is 5.69 Å². The van der Waals surface area contributed by atoms with Gasteiger partial charge in [-0.15, -0.1) is 0 Å². The summed E-state index contributed by atoms with van der Waals surface area (Å²) in [4.78, 5) is 26.2. The van der Waals surface area contributed by atoms with E-state index in [4.69, 9.17) is 27.9 Å². The molecule has 0 unspecified atom stereocenters. The van der Waals surface area contributed by atoms with E-state index in [1.54, 1.807) is 31.2 Å². The van der Waals surface area contributed by atoms with Crippen LogP contribution < -0.4 is 0 Å². The SMILES string of the molecule is CCOC(=O)c1cc([N+](=O)[O-])cnc1/C=C/c1cccc(Cl)c1Cl. The van der Waals surface area contributed by atoms with Gasteiger partial charge in [-0.3, -0.25) is 10.1 Å². The standard InChI is InChI=1S/C16H12Cl2N2O4/c1-2-24-16(21)12-8-11(20(22)23)9-19-14(12)7-6-10-4-3-5-13(17)15(10)18/h3-9H,2H2,1H3/b7-6+. The van der Waals surface area contributed by atoms with Gasteiger partial charge in [0.15, 0.2) is 0 Å². The van der Waals surface area contributed by atoms with Crippen LogP contribution >= 0.6 is 23.2 Å². The summed E-state index contributed by atoms with van der Waals surface area (Å²) in [6, 6.07) is 6.24. The minimum Gasteiger partial charge on any atom is -0.462 e. The number of hydrogen-bond acceptors (Lipinski definition) is 5. The number of benzene rings is 1. The summed E-state index contributed by atoms with van der Waals surface area (Å²) >= 11 is 12.0. The molecule has 1 aromatic heterocycles. The fourth-order valence-electron chi connectivity index (χ4n) is 1.89. The second-order valence-corrected chi connectivity index (χ2v) is 5.37. The van der Waals surface area contributed by atoms with Crippen LogP contribution in [0.15, 0.2) is 30.5 Å². The molecule has 0 atom stereocenters. The van der Waals surface area contributed by atoms with Gasteiger partial charge in [0.25, 0.3) is 5.69 Å². The predicted molar refractivity (Wildman–Crippen MR) is 92.2 cm³/mol. The fraction of sp³-hybridized carbons (Fsp3) is 0.125. The number of nitro groups is 1. The van der Waals surface area contributed by atoms with Gasteiger partial charge < -0.3 is 4.74 Å². The van der Waals surface area contributed by atoms with Crippen molar-refractivity contribution in [3.63, 3.8) is 0 Å². The van der Waals surface area contributed by atoms with Crippen molar-refractivity contribution in [2.45, 2.75) is 6.92 Å². The molecule has 1 heterocycles.